The molecule has 3 N–H and O–H groups in total. The van der Waals surface area contributed by atoms with Gasteiger partial charge in [-0.1, -0.05) is 37.3 Å². The summed E-state index contributed by atoms with van der Waals surface area (Å²) in [6.07, 6.45) is 6.30. The second-order valence-electron chi connectivity index (χ2n) is 7.91. The number of aliphatic carboxylic acids is 1. The van der Waals surface area contributed by atoms with E-state index in [4.69, 9.17) is 17.7 Å². The fraction of sp³-hybridized carbons (Fsp3) is 0.542. The van der Waals surface area contributed by atoms with Crippen molar-refractivity contribution in [2.45, 2.75) is 75.4 Å². The number of carboxylic acid groups (broad SMARTS) is 1. The maximum Gasteiger partial charge on any atom is 0.303 e. The van der Waals surface area contributed by atoms with Gasteiger partial charge in [0.15, 0.2) is 0 Å². The Morgan fingerprint density at radius 1 is 1.38 bits per heavy atom. The van der Waals surface area contributed by atoms with Crippen molar-refractivity contribution in [1.29, 1.82) is 0 Å². The van der Waals surface area contributed by atoms with Crippen molar-refractivity contribution in [3.05, 3.63) is 41.5 Å². The van der Waals surface area contributed by atoms with Crippen molar-refractivity contribution in [3.8, 4) is 11.8 Å². The van der Waals surface area contributed by atoms with Gasteiger partial charge < -0.3 is 15.3 Å². The number of hydrogen-bond donors (Lipinski definition) is 4. The van der Waals surface area contributed by atoms with E-state index < -0.39 is 18.2 Å². The van der Waals surface area contributed by atoms with Crippen LogP contribution in [0.3, 0.4) is 0 Å². The molecule has 1 unspecified atom stereocenters. The van der Waals surface area contributed by atoms with Crippen molar-refractivity contribution in [2.75, 3.05) is 0 Å². The fourth-order valence-electron chi connectivity index (χ4n) is 3.99. The van der Waals surface area contributed by atoms with Gasteiger partial charge in [0, 0.05) is 23.7 Å². The number of aliphatic hydroxyl groups is 2. The molecule has 0 aromatic heterocycles. The Morgan fingerprint density at radius 2 is 2.14 bits per heavy atom. The van der Waals surface area contributed by atoms with Gasteiger partial charge in [-0.15, -0.1) is 24.5 Å². The fourth-order valence-corrected chi connectivity index (χ4v) is 4.41. The van der Waals surface area contributed by atoms with Crippen LogP contribution in [0.4, 0.5) is 0 Å². The molecule has 1 fully saturated rings. The number of carbonyl (C=O) groups is 1. The van der Waals surface area contributed by atoms with Crippen LogP contribution in [0.1, 0.15) is 63.0 Å². The Kier molecular flexibility index (Phi) is 9.29. The molecule has 0 bridgehead atoms. The summed E-state index contributed by atoms with van der Waals surface area (Å²) in [4.78, 5) is 11.7. The molecule has 2 rings (SSSR count). The number of rotatable bonds is 9. The third-order valence-electron chi connectivity index (χ3n) is 5.78. The number of benzene rings is 1. The topological polar surface area (TPSA) is 77.8 Å². The molecule has 1 saturated carbocycles. The molecule has 0 saturated heterocycles. The minimum Gasteiger partial charge on any atom is -0.481 e. The van der Waals surface area contributed by atoms with Gasteiger partial charge in [-0.3, -0.25) is 4.79 Å². The zero-order valence-electron chi connectivity index (χ0n) is 17.2. The zero-order chi connectivity index (χ0) is 21.4. The largest absolute Gasteiger partial charge is 0.481 e. The predicted molar refractivity (Wildman–Crippen MR) is 118 cm³/mol. The summed E-state index contributed by atoms with van der Waals surface area (Å²) in [5.74, 6) is 5.15. The van der Waals surface area contributed by atoms with Crippen molar-refractivity contribution >= 4 is 18.6 Å². The van der Waals surface area contributed by atoms with Crippen LogP contribution in [0.15, 0.2) is 35.2 Å². The molecule has 158 valence electrons. The summed E-state index contributed by atoms with van der Waals surface area (Å²) < 4.78 is 0. The Hall–Kier alpha value is -1.74. The molecule has 0 heterocycles. The number of aliphatic hydroxyl groups excluding tert-OH is 2. The summed E-state index contributed by atoms with van der Waals surface area (Å²) in [5, 5.41) is 29.8. The molecule has 29 heavy (non-hydrogen) atoms. The average molecular weight is 417 g/mol. The van der Waals surface area contributed by atoms with E-state index in [2.05, 4.69) is 11.8 Å². The maximum atomic E-state index is 10.8. The Balaban J connectivity index is 2.15. The molecule has 1 aromatic carbocycles. The lowest BCUT2D eigenvalue weighted by atomic mass is 9.85. The van der Waals surface area contributed by atoms with E-state index in [-0.39, 0.29) is 24.2 Å². The van der Waals surface area contributed by atoms with Gasteiger partial charge in [0.1, 0.15) is 0 Å². The SMILES string of the molecule is CC#CCC(C)[C@H](O)/C=C/[C@H]1[C@H](O)CC[C@@H]1c1cccc(CCCC(=O)O)c1S. The summed E-state index contributed by atoms with van der Waals surface area (Å²) in [6.45, 7) is 3.76. The van der Waals surface area contributed by atoms with Gasteiger partial charge in [-0.25, -0.2) is 0 Å². The van der Waals surface area contributed by atoms with Crippen LogP contribution in [-0.2, 0) is 11.2 Å². The van der Waals surface area contributed by atoms with E-state index in [9.17, 15) is 15.0 Å². The molecule has 1 aromatic rings. The van der Waals surface area contributed by atoms with Crippen molar-refractivity contribution in [1.82, 2.24) is 0 Å². The van der Waals surface area contributed by atoms with Crippen molar-refractivity contribution < 1.29 is 20.1 Å². The van der Waals surface area contributed by atoms with Crippen molar-refractivity contribution in [3.63, 3.8) is 0 Å². The first kappa shape index (κ1) is 23.5. The van der Waals surface area contributed by atoms with E-state index in [0.717, 1.165) is 22.4 Å². The summed E-state index contributed by atoms with van der Waals surface area (Å²) >= 11 is 4.74. The molecule has 5 atom stereocenters. The van der Waals surface area contributed by atoms with Gasteiger partial charge in [0.25, 0.3) is 0 Å². The Morgan fingerprint density at radius 3 is 2.83 bits per heavy atom. The van der Waals surface area contributed by atoms with E-state index in [1.54, 1.807) is 13.0 Å². The smallest absolute Gasteiger partial charge is 0.303 e. The predicted octanol–water partition coefficient (Wildman–Crippen LogP) is 4.20. The van der Waals surface area contributed by atoms with Crippen LogP contribution < -0.4 is 0 Å². The van der Waals surface area contributed by atoms with Gasteiger partial charge >= 0.3 is 5.97 Å². The summed E-state index contributed by atoms with van der Waals surface area (Å²) in [7, 11) is 0. The van der Waals surface area contributed by atoms with E-state index in [1.165, 1.54) is 0 Å². The average Bonchev–Trinajstić information content (AvgIpc) is 3.05. The molecule has 0 radical (unpaired) electrons. The molecule has 0 amide bonds. The van der Waals surface area contributed by atoms with Crippen LogP contribution in [0.25, 0.3) is 0 Å². The molecule has 4 nitrogen and oxygen atoms in total. The van der Waals surface area contributed by atoms with Crippen molar-refractivity contribution in [2.24, 2.45) is 11.8 Å². The third-order valence-corrected chi connectivity index (χ3v) is 6.33. The highest BCUT2D eigenvalue weighted by atomic mass is 32.1. The first-order chi connectivity index (χ1) is 13.8. The molecular formula is C24H32O4S. The third kappa shape index (κ3) is 6.64. The quantitative estimate of drug-likeness (QED) is 0.276. The Labute approximate surface area is 179 Å². The van der Waals surface area contributed by atoms with Gasteiger partial charge in [-0.2, -0.15) is 0 Å². The first-order valence-corrected chi connectivity index (χ1v) is 10.8. The molecule has 1 aliphatic rings. The standard InChI is InChI=1S/C24H32O4S/c1-3-4-7-16(2)21(25)14-13-19-18(12-15-22(19)26)20-10-5-8-17(24(20)29)9-6-11-23(27)28/h5,8,10,13-14,16,18-19,21-22,25-26,29H,6-7,9,11-12,15H2,1-2H3,(H,27,28)/b14-13+/t16?,18-,19+,21+,22+/m0/s1. The second kappa shape index (κ2) is 11.4. The van der Waals surface area contributed by atoms with Gasteiger partial charge in [0.2, 0.25) is 0 Å². The molecule has 5 heteroatoms. The lowest BCUT2D eigenvalue weighted by Gasteiger charge is -2.23. The van der Waals surface area contributed by atoms with E-state index in [1.807, 2.05) is 31.2 Å². The lowest BCUT2D eigenvalue weighted by molar-refractivity contribution is -0.137. The highest BCUT2D eigenvalue weighted by molar-refractivity contribution is 7.80. The lowest BCUT2D eigenvalue weighted by Crippen LogP contribution is -2.19. The second-order valence-corrected chi connectivity index (χ2v) is 8.36. The van der Waals surface area contributed by atoms with Crippen LogP contribution >= 0.6 is 12.6 Å². The summed E-state index contributed by atoms with van der Waals surface area (Å²) in [6, 6.07) is 6.02. The summed E-state index contributed by atoms with van der Waals surface area (Å²) in [5.41, 5.74) is 2.13. The number of thiol groups is 1. The first-order valence-electron chi connectivity index (χ1n) is 10.3. The minimum atomic E-state index is -0.788. The van der Waals surface area contributed by atoms with Crippen LogP contribution in [0.5, 0.6) is 0 Å². The normalized spacial score (nSPS) is 23.6. The highest BCUT2D eigenvalue weighted by Gasteiger charge is 2.35. The van der Waals surface area contributed by atoms with Crippen LogP contribution in [0.2, 0.25) is 0 Å². The Bertz CT molecular complexity index is 777. The molecule has 0 aliphatic heterocycles. The number of carboxylic acids is 1. The van der Waals surface area contributed by atoms with Gasteiger partial charge in [-0.05, 0) is 55.6 Å². The number of aryl methyl sites for hydroxylation is 1. The van der Waals surface area contributed by atoms with E-state index >= 15 is 0 Å². The monoisotopic (exact) mass is 416 g/mol. The molecular weight excluding hydrogens is 384 g/mol. The highest BCUT2D eigenvalue weighted by Crippen LogP contribution is 2.43. The maximum absolute atomic E-state index is 10.8. The molecule has 1 aliphatic carbocycles. The van der Waals surface area contributed by atoms with E-state index in [0.29, 0.717) is 25.7 Å². The van der Waals surface area contributed by atoms with Crippen LogP contribution in [-0.4, -0.2) is 33.5 Å². The van der Waals surface area contributed by atoms with Gasteiger partial charge in [0.05, 0.1) is 12.2 Å². The van der Waals surface area contributed by atoms with Crippen LogP contribution in [0, 0.1) is 23.7 Å². The molecule has 0 spiro atoms. The minimum absolute atomic E-state index is 0.0358. The number of hydrogen-bond acceptors (Lipinski definition) is 4. The zero-order valence-corrected chi connectivity index (χ0v) is 18.1.